The summed E-state index contributed by atoms with van der Waals surface area (Å²) in [6.07, 6.45) is 3.25. The van der Waals surface area contributed by atoms with Crippen LogP contribution in [0.4, 0.5) is 25.0 Å². The number of amides is 1. The molecule has 1 fully saturated rings. The van der Waals surface area contributed by atoms with Crippen LogP contribution in [0.5, 0.6) is 0 Å². The van der Waals surface area contributed by atoms with Crippen molar-refractivity contribution in [3.8, 4) is 0 Å². The monoisotopic (exact) mass is 392 g/mol. The van der Waals surface area contributed by atoms with Crippen molar-refractivity contribution in [2.75, 3.05) is 29.4 Å². The number of hydrogen-bond donors (Lipinski definition) is 2. The number of carbonyl (C=O) groups excluding carboxylic acids is 2. The molecule has 148 valence electrons. The molecule has 1 aromatic rings. The van der Waals surface area contributed by atoms with Crippen molar-refractivity contribution in [1.82, 2.24) is 0 Å². The lowest BCUT2D eigenvalue weighted by atomic mass is 10.1. The molecule has 28 heavy (non-hydrogen) atoms. The van der Waals surface area contributed by atoms with Crippen molar-refractivity contribution in [3.63, 3.8) is 0 Å². The zero-order chi connectivity index (χ0) is 20.3. The van der Waals surface area contributed by atoms with Gasteiger partial charge in [0.05, 0.1) is 30.7 Å². The number of aliphatic hydroxyl groups is 1. The molecule has 0 aromatic heterocycles. The van der Waals surface area contributed by atoms with E-state index < -0.39 is 23.8 Å². The highest BCUT2D eigenvalue weighted by Gasteiger charge is 2.35. The van der Waals surface area contributed by atoms with Gasteiger partial charge >= 0.3 is 6.09 Å². The number of nitrogens with two attached hydrogens (primary N) is 1. The van der Waals surface area contributed by atoms with Crippen molar-refractivity contribution in [3.05, 3.63) is 48.4 Å². The fourth-order valence-corrected chi connectivity index (χ4v) is 2.87. The summed E-state index contributed by atoms with van der Waals surface area (Å²) >= 11 is 0. The molecule has 0 radical (unpaired) electrons. The minimum Gasteiger partial charge on any atom is -0.515 e. The Kier molecular flexibility index (Phi) is 5.57. The highest BCUT2D eigenvalue weighted by molar-refractivity contribution is 5.93. The molecule has 1 amide bonds. The normalized spacial score (nSPS) is 20.4. The molecule has 1 aromatic carbocycles. The smallest absolute Gasteiger partial charge is 0.414 e. The minimum atomic E-state index is -1.19. The summed E-state index contributed by atoms with van der Waals surface area (Å²) in [4.78, 5) is 29.6. The van der Waals surface area contributed by atoms with Gasteiger partial charge in [-0.05, 0) is 18.2 Å². The SMILES string of the molecule is NC(/C=C\O)=NCC1CN(c2ccc(N3C=CC(=O)CC3)c(F)c2F)C(=O)O1. The topological polar surface area (TPSA) is 108 Å². The highest BCUT2D eigenvalue weighted by atomic mass is 19.2. The van der Waals surface area contributed by atoms with Gasteiger partial charge in [-0.3, -0.25) is 14.7 Å². The maximum atomic E-state index is 14.6. The Morgan fingerprint density at radius 2 is 2.04 bits per heavy atom. The van der Waals surface area contributed by atoms with Gasteiger partial charge in [-0.1, -0.05) is 0 Å². The summed E-state index contributed by atoms with van der Waals surface area (Å²) in [5.74, 6) is -2.36. The number of anilines is 2. The Morgan fingerprint density at radius 1 is 1.32 bits per heavy atom. The van der Waals surface area contributed by atoms with Crippen LogP contribution in [-0.4, -0.2) is 48.6 Å². The van der Waals surface area contributed by atoms with Gasteiger partial charge in [-0.15, -0.1) is 0 Å². The van der Waals surface area contributed by atoms with Crippen molar-refractivity contribution >= 4 is 29.1 Å². The third-order valence-electron chi connectivity index (χ3n) is 4.28. The number of cyclic esters (lactones) is 1. The molecule has 2 heterocycles. The number of halogens is 2. The Balaban J connectivity index is 1.77. The molecule has 0 saturated carbocycles. The summed E-state index contributed by atoms with van der Waals surface area (Å²) in [5, 5.41) is 8.61. The van der Waals surface area contributed by atoms with E-state index in [9.17, 15) is 18.4 Å². The number of nitrogens with zero attached hydrogens (tertiary/aromatic N) is 3. The first-order valence-corrected chi connectivity index (χ1v) is 8.45. The predicted octanol–water partition coefficient (Wildman–Crippen LogP) is 2.01. The molecule has 1 atom stereocenters. The molecular formula is C18H18F2N4O4. The third kappa shape index (κ3) is 3.95. The summed E-state index contributed by atoms with van der Waals surface area (Å²) in [6.45, 7) is 0.208. The lowest BCUT2D eigenvalue weighted by Crippen LogP contribution is -2.28. The number of ether oxygens (including phenoxy) is 1. The van der Waals surface area contributed by atoms with E-state index in [1.165, 1.54) is 29.3 Å². The van der Waals surface area contributed by atoms with Crippen LogP contribution in [0.15, 0.2) is 41.7 Å². The maximum Gasteiger partial charge on any atom is 0.414 e. The number of amidine groups is 1. The molecule has 3 N–H and O–H groups in total. The van der Waals surface area contributed by atoms with Crippen LogP contribution in [0, 0.1) is 11.6 Å². The summed E-state index contributed by atoms with van der Waals surface area (Å²) in [5.41, 5.74) is 5.21. The van der Waals surface area contributed by atoms with Gasteiger partial charge in [0.25, 0.3) is 0 Å². The number of ketones is 1. The van der Waals surface area contributed by atoms with Gasteiger partial charge in [0.2, 0.25) is 0 Å². The Labute approximate surface area is 159 Å². The van der Waals surface area contributed by atoms with E-state index in [0.29, 0.717) is 0 Å². The quantitative estimate of drug-likeness (QED) is 0.451. The lowest BCUT2D eigenvalue weighted by molar-refractivity contribution is -0.114. The van der Waals surface area contributed by atoms with Crippen LogP contribution < -0.4 is 15.5 Å². The van der Waals surface area contributed by atoms with E-state index in [-0.39, 0.29) is 49.0 Å². The largest absolute Gasteiger partial charge is 0.515 e. The van der Waals surface area contributed by atoms with Gasteiger partial charge < -0.3 is 20.5 Å². The van der Waals surface area contributed by atoms with Crippen LogP contribution in [0.3, 0.4) is 0 Å². The molecule has 0 aliphatic carbocycles. The van der Waals surface area contributed by atoms with E-state index in [1.807, 2.05) is 0 Å². The van der Waals surface area contributed by atoms with Crippen LogP contribution in [0.25, 0.3) is 0 Å². The van der Waals surface area contributed by atoms with Gasteiger partial charge in [-0.2, -0.15) is 0 Å². The highest BCUT2D eigenvalue weighted by Crippen LogP contribution is 2.32. The summed E-state index contributed by atoms with van der Waals surface area (Å²) in [7, 11) is 0. The van der Waals surface area contributed by atoms with E-state index in [4.69, 9.17) is 15.6 Å². The fraction of sp³-hybridized carbons (Fsp3) is 0.278. The number of benzene rings is 1. The molecule has 0 spiro atoms. The Morgan fingerprint density at radius 3 is 2.71 bits per heavy atom. The van der Waals surface area contributed by atoms with E-state index >= 15 is 0 Å². The van der Waals surface area contributed by atoms with Crippen molar-refractivity contribution in [2.45, 2.75) is 12.5 Å². The standard InChI is InChI=1S/C18H18F2N4O4/c19-16-13(23-6-3-11(26)4-7-23)1-2-14(17(16)20)24-10-12(28-18(24)27)9-22-15(21)5-8-25/h1-3,5-6,8,12,25H,4,7,9-10H2,(H2,21,22)/b8-5-. The van der Waals surface area contributed by atoms with E-state index in [2.05, 4.69) is 4.99 Å². The molecule has 8 nitrogen and oxygen atoms in total. The average Bonchev–Trinajstić information content (AvgIpc) is 3.04. The Hall–Kier alpha value is -3.43. The molecular weight excluding hydrogens is 374 g/mol. The van der Waals surface area contributed by atoms with Gasteiger partial charge in [0.15, 0.2) is 17.4 Å². The number of rotatable bonds is 5. The second kappa shape index (κ2) is 8.07. The maximum absolute atomic E-state index is 14.6. The van der Waals surface area contributed by atoms with Gasteiger partial charge in [-0.25, -0.2) is 13.6 Å². The van der Waals surface area contributed by atoms with Crippen molar-refractivity contribution < 1.29 is 28.2 Å². The molecule has 10 heteroatoms. The number of hydrogen-bond acceptors (Lipinski definition) is 6. The Bertz CT molecular complexity index is 885. The van der Waals surface area contributed by atoms with E-state index in [1.54, 1.807) is 0 Å². The summed E-state index contributed by atoms with van der Waals surface area (Å²) in [6, 6.07) is 2.63. The average molecular weight is 392 g/mol. The molecule has 3 rings (SSSR count). The van der Waals surface area contributed by atoms with Gasteiger partial charge in [0.1, 0.15) is 11.9 Å². The number of allylic oxidation sites excluding steroid dienone is 1. The van der Waals surface area contributed by atoms with Crippen LogP contribution >= 0.6 is 0 Å². The predicted molar refractivity (Wildman–Crippen MR) is 98.3 cm³/mol. The first-order valence-electron chi connectivity index (χ1n) is 8.45. The van der Waals surface area contributed by atoms with Gasteiger partial charge in [0, 0.05) is 25.2 Å². The summed E-state index contributed by atoms with van der Waals surface area (Å²) < 4.78 is 34.3. The molecule has 1 unspecified atom stereocenters. The first-order chi connectivity index (χ1) is 13.4. The molecule has 2 aliphatic rings. The second-order valence-electron chi connectivity index (χ2n) is 6.15. The zero-order valence-corrected chi connectivity index (χ0v) is 14.7. The fourth-order valence-electron chi connectivity index (χ4n) is 2.87. The van der Waals surface area contributed by atoms with Crippen molar-refractivity contribution in [1.29, 1.82) is 0 Å². The van der Waals surface area contributed by atoms with Crippen molar-refractivity contribution in [2.24, 2.45) is 10.7 Å². The second-order valence-corrected chi connectivity index (χ2v) is 6.15. The first kappa shape index (κ1) is 19.3. The molecule has 2 aliphatic heterocycles. The number of aliphatic hydroxyl groups excluding tert-OH is 1. The van der Waals surface area contributed by atoms with E-state index in [0.717, 1.165) is 17.2 Å². The van der Waals surface area contributed by atoms with Crippen LogP contribution in [0.2, 0.25) is 0 Å². The van der Waals surface area contributed by atoms with Crippen LogP contribution in [-0.2, 0) is 9.53 Å². The zero-order valence-electron chi connectivity index (χ0n) is 14.7. The lowest BCUT2D eigenvalue weighted by Gasteiger charge is -2.24. The molecule has 0 bridgehead atoms. The van der Waals surface area contributed by atoms with Crippen LogP contribution in [0.1, 0.15) is 6.42 Å². The minimum absolute atomic E-state index is 0.00714. The third-order valence-corrected chi connectivity index (χ3v) is 4.28. The number of aliphatic imine (C=N–C) groups is 1. The molecule has 1 saturated heterocycles. The number of carbonyl (C=O) groups is 2.